The third kappa shape index (κ3) is 2.92. The Kier molecular flexibility index (Phi) is 3.76. The molecule has 0 amide bonds. The van der Waals surface area contributed by atoms with Gasteiger partial charge in [0.2, 0.25) is 0 Å². The van der Waals surface area contributed by atoms with E-state index in [1.54, 1.807) is 38.5 Å². The SMILES string of the molecule is C1C2CC3CC1CC(C2)C3.O=C(O)CC12CC3CC(CC(C3)C1)C2. The van der Waals surface area contributed by atoms with Crippen LogP contribution < -0.4 is 0 Å². The van der Waals surface area contributed by atoms with Gasteiger partial charge in [-0.3, -0.25) is 4.79 Å². The molecule has 134 valence electrons. The normalized spacial score (nSPS) is 52.9. The third-order valence-corrected chi connectivity index (χ3v) is 8.69. The number of hydrogen-bond donors (Lipinski definition) is 1. The Morgan fingerprint density at radius 1 is 0.625 bits per heavy atom. The maximum atomic E-state index is 10.9. The first kappa shape index (κ1) is 15.7. The van der Waals surface area contributed by atoms with E-state index < -0.39 is 5.97 Å². The highest BCUT2D eigenvalue weighted by Crippen LogP contribution is 2.61. The maximum Gasteiger partial charge on any atom is 0.303 e. The molecule has 0 aromatic rings. The molecule has 0 saturated heterocycles. The van der Waals surface area contributed by atoms with Crippen molar-refractivity contribution in [1.29, 1.82) is 0 Å². The zero-order valence-electron chi connectivity index (χ0n) is 15.1. The molecule has 8 saturated carbocycles. The maximum absolute atomic E-state index is 10.9. The first-order valence-electron chi connectivity index (χ1n) is 10.8. The van der Waals surface area contributed by atoms with Gasteiger partial charge < -0.3 is 5.11 Å². The minimum Gasteiger partial charge on any atom is -0.481 e. The van der Waals surface area contributed by atoms with E-state index in [0.717, 1.165) is 17.8 Å². The van der Waals surface area contributed by atoms with Crippen molar-refractivity contribution in [2.75, 3.05) is 0 Å². The minimum atomic E-state index is -0.577. The van der Waals surface area contributed by atoms with Crippen LogP contribution in [0.25, 0.3) is 0 Å². The van der Waals surface area contributed by atoms with Crippen LogP contribution in [0.5, 0.6) is 0 Å². The Balaban J connectivity index is 0.000000115. The summed E-state index contributed by atoms with van der Waals surface area (Å²) in [6, 6.07) is 0. The number of carboxylic acids is 1. The topological polar surface area (TPSA) is 37.3 Å². The Bertz CT molecular complexity index is 416. The van der Waals surface area contributed by atoms with Crippen LogP contribution in [0.4, 0.5) is 0 Å². The molecule has 0 unspecified atom stereocenters. The lowest BCUT2D eigenvalue weighted by Gasteiger charge is -2.56. The van der Waals surface area contributed by atoms with Gasteiger partial charge in [0.25, 0.3) is 0 Å². The van der Waals surface area contributed by atoms with E-state index in [1.807, 2.05) is 0 Å². The molecule has 0 aromatic heterocycles. The van der Waals surface area contributed by atoms with Gasteiger partial charge in [-0.25, -0.2) is 0 Å². The zero-order valence-corrected chi connectivity index (χ0v) is 15.1. The number of aliphatic carboxylic acids is 1. The van der Waals surface area contributed by atoms with Gasteiger partial charge >= 0.3 is 5.97 Å². The van der Waals surface area contributed by atoms with Crippen molar-refractivity contribution in [3.05, 3.63) is 0 Å². The quantitative estimate of drug-likeness (QED) is 0.725. The summed E-state index contributed by atoms with van der Waals surface area (Å²) in [4.78, 5) is 10.9. The summed E-state index contributed by atoms with van der Waals surface area (Å²) in [5.74, 6) is 6.76. The highest BCUT2D eigenvalue weighted by molar-refractivity contribution is 5.67. The molecule has 2 nitrogen and oxygen atoms in total. The number of carboxylic acid groups (broad SMARTS) is 1. The fourth-order valence-electron chi connectivity index (χ4n) is 8.81. The predicted molar refractivity (Wildman–Crippen MR) is 94.5 cm³/mol. The molecule has 8 aliphatic carbocycles. The number of carbonyl (C=O) groups is 1. The van der Waals surface area contributed by atoms with Crippen LogP contribution in [0.3, 0.4) is 0 Å². The lowest BCUT2D eigenvalue weighted by atomic mass is 9.49. The summed E-state index contributed by atoms with van der Waals surface area (Å²) in [5.41, 5.74) is 0.223. The van der Waals surface area contributed by atoms with Crippen molar-refractivity contribution >= 4 is 5.97 Å². The first-order chi connectivity index (χ1) is 11.6. The standard InChI is InChI=1S/C12H18O2.C10H16/c13-11(14)7-12-4-8-1-9(5-12)3-10(2-8)6-12;1-7-2-9-4-8(1)5-10(3-7)6-9/h8-10H,1-7H2,(H,13,14);7-10H,1-6H2. The van der Waals surface area contributed by atoms with Gasteiger partial charge in [0.15, 0.2) is 0 Å². The Hall–Kier alpha value is -0.530. The second kappa shape index (κ2) is 5.74. The van der Waals surface area contributed by atoms with E-state index in [0.29, 0.717) is 6.42 Å². The van der Waals surface area contributed by atoms with E-state index in [1.165, 1.54) is 62.2 Å². The van der Waals surface area contributed by atoms with Crippen LogP contribution in [-0.2, 0) is 4.79 Å². The summed E-state index contributed by atoms with van der Waals surface area (Å²) in [7, 11) is 0. The van der Waals surface area contributed by atoms with Crippen LogP contribution in [0.2, 0.25) is 0 Å². The molecule has 8 aliphatic rings. The first-order valence-corrected chi connectivity index (χ1v) is 10.8. The molecular formula is C22H34O2. The molecule has 2 heteroatoms. The van der Waals surface area contributed by atoms with Crippen molar-refractivity contribution in [1.82, 2.24) is 0 Å². The number of rotatable bonds is 2. The van der Waals surface area contributed by atoms with Gasteiger partial charge in [-0.1, -0.05) is 0 Å². The lowest BCUT2D eigenvalue weighted by Crippen LogP contribution is -2.46. The van der Waals surface area contributed by atoms with E-state index in [4.69, 9.17) is 5.11 Å². The summed E-state index contributed by atoms with van der Waals surface area (Å²) in [6.45, 7) is 0. The van der Waals surface area contributed by atoms with Gasteiger partial charge in [0, 0.05) is 0 Å². The molecule has 0 aliphatic heterocycles. The molecule has 0 atom stereocenters. The third-order valence-electron chi connectivity index (χ3n) is 8.69. The molecule has 8 bridgehead atoms. The van der Waals surface area contributed by atoms with Crippen molar-refractivity contribution < 1.29 is 9.90 Å². The van der Waals surface area contributed by atoms with Gasteiger partial charge in [-0.05, 0) is 124 Å². The number of hydrogen-bond acceptors (Lipinski definition) is 1. The smallest absolute Gasteiger partial charge is 0.303 e. The second-order valence-electron chi connectivity index (χ2n) is 10.9. The monoisotopic (exact) mass is 330 g/mol. The van der Waals surface area contributed by atoms with Crippen molar-refractivity contribution in [2.45, 2.75) is 83.5 Å². The van der Waals surface area contributed by atoms with Crippen molar-refractivity contribution in [3.8, 4) is 0 Å². The Morgan fingerprint density at radius 3 is 1.21 bits per heavy atom. The average molecular weight is 331 g/mol. The molecule has 0 heterocycles. The molecule has 0 spiro atoms. The van der Waals surface area contributed by atoms with E-state index in [2.05, 4.69) is 0 Å². The Labute approximate surface area is 146 Å². The molecule has 0 aromatic carbocycles. The Morgan fingerprint density at radius 2 is 0.917 bits per heavy atom. The molecule has 8 rings (SSSR count). The van der Waals surface area contributed by atoms with E-state index >= 15 is 0 Å². The van der Waals surface area contributed by atoms with Crippen molar-refractivity contribution in [3.63, 3.8) is 0 Å². The zero-order chi connectivity index (χ0) is 16.3. The van der Waals surface area contributed by atoms with Gasteiger partial charge in [0.05, 0.1) is 6.42 Å². The van der Waals surface area contributed by atoms with Crippen LogP contribution in [0.15, 0.2) is 0 Å². The summed E-state index contributed by atoms with van der Waals surface area (Å²) >= 11 is 0. The largest absolute Gasteiger partial charge is 0.481 e. The minimum absolute atomic E-state index is 0.223. The molecular weight excluding hydrogens is 296 g/mol. The molecule has 0 radical (unpaired) electrons. The van der Waals surface area contributed by atoms with Crippen LogP contribution in [0.1, 0.15) is 83.5 Å². The molecule has 24 heavy (non-hydrogen) atoms. The van der Waals surface area contributed by atoms with E-state index in [9.17, 15) is 4.79 Å². The lowest BCUT2D eigenvalue weighted by molar-refractivity contribution is -0.145. The van der Waals surface area contributed by atoms with Gasteiger partial charge in [-0.2, -0.15) is 0 Å². The predicted octanol–water partition coefficient (Wildman–Crippen LogP) is 5.51. The fraction of sp³-hybridized carbons (Fsp3) is 0.955. The van der Waals surface area contributed by atoms with Crippen LogP contribution in [-0.4, -0.2) is 11.1 Å². The van der Waals surface area contributed by atoms with Crippen LogP contribution in [0, 0.1) is 46.8 Å². The summed E-state index contributed by atoms with van der Waals surface area (Å²) in [6.07, 6.45) is 17.9. The average Bonchev–Trinajstić information content (AvgIpc) is 2.43. The fourth-order valence-corrected chi connectivity index (χ4v) is 8.81. The second-order valence-corrected chi connectivity index (χ2v) is 10.9. The highest BCUT2D eigenvalue weighted by atomic mass is 16.4. The van der Waals surface area contributed by atoms with Crippen molar-refractivity contribution in [2.24, 2.45) is 46.8 Å². The van der Waals surface area contributed by atoms with Crippen LogP contribution >= 0.6 is 0 Å². The van der Waals surface area contributed by atoms with Gasteiger partial charge in [-0.15, -0.1) is 0 Å². The summed E-state index contributed by atoms with van der Waals surface area (Å²) in [5, 5.41) is 8.97. The van der Waals surface area contributed by atoms with Gasteiger partial charge in [0.1, 0.15) is 0 Å². The molecule has 8 fully saturated rings. The highest BCUT2D eigenvalue weighted by Gasteiger charge is 2.51. The molecule has 1 N–H and O–H groups in total. The van der Waals surface area contributed by atoms with E-state index in [-0.39, 0.29) is 5.41 Å². The summed E-state index contributed by atoms with van der Waals surface area (Å²) < 4.78 is 0.